The van der Waals surface area contributed by atoms with E-state index >= 15 is 0 Å². The Bertz CT molecular complexity index is 212. The topological polar surface area (TPSA) is 91.0 Å². The largest absolute Gasteiger partial charge is 0.464 e. The van der Waals surface area contributed by atoms with Gasteiger partial charge in [-0.3, -0.25) is 0 Å². The fourth-order valence-electron chi connectivity index (χ4n) is 0.485. The molecule has 0 atom stereocenters. The van der Waals surface area contributed by atoms with E-state index in [1.54, 1.807) is 6.92 Å². The van der Waals surface area contributed by atoms with E-state index in [0.717, 1.165) is 7.11 Å². The van der Waals surface area contributed by atoms with Gasteiger partial charge < -0.3 is 15.3 Å². The van der Waals surface area contributed by atoms with Crippen LogP contribution in [-0.2, 0) is 19.1 Å². The normalized spacial score (nSPS) is 10.7. The van der Waals surface area contributed by atoms with Crippen molar-refractivity contribution in [2.75, 3.05) is 13.7 Å². The van der Waals surface area contributed by atoms with E-state index in [4.69, 9.17) is 5.84 Å². The molecule has 0 aromatic rings. The molecule has 0 fully saturated rings. The highest BCUT2D eigenvalue weighted by Gasteiger charge is 2.21. The van der Waals surface area contributed by atoms with Crippen molar-refractivity contribution >= 4 is 17.7 Å². The van der Waals surface area contributed by atoms with Crippen LogP contribution in [0, 0.1) is 0 Å². The molecule has 6 heteroatoms. The Kier molecular flexibility index (Phi) is 4.43. The first-order valence-electron chi connectivity index (χ1n) is 3.20. The number of hydrogen-bond donors (Lipinski definition) is 1. The zero-order chi connectivity index (χ0) is 9.56. The average molecular weight is 174 g/mol. The maximum atomic E-state index is 10.8. The predicted molar refractivity (Wildman–Crippen MR) is 40.3 cm³/mol. The summed E-state index contributed by atoms with van der Waals surface area (Å²) < 4.78 is 8.69. The molecule has 0 amide bonds. The minimum atomic E-state index is -0.907. The zero-order valence-electron chi connectivity index (χ0n) is 6.86. The molecule has 0 heterocycles. The summed E-state index contributed by atoms with van der Waals surface area (Å²) in [5.41, 5.74) is -0.542. The first-order valence-corrected chi connectivity index (χ1v) is 3.20. The summed E-state index contributed by atoms with van der Waals surface area (Å²) in [4.78, 5) is 21.6. The van der Waals surface area contributed by atoms with Gasteiger partial charge in [0, 0.05) is 0 Å². The number of methoxy groups -OCH3 is 1. The molecular weight excluding hydrogens is 164 g/mol. The molecule has 0 aliphatic heterocycles. The fraction of sp³-hybridized carbons (Fsp3) is 0.500. The average Bonchev–Trinajstić information content (AvgIpc) is 2.06. The van der Waals surface area contributed by atoms with Crippen LogP contribution in [-0.4, -0.2) is 31.4 Å². The van der Waals surface area contributed by atoms with Crippen molar-refractivity contribution in [2.45, 2.75) is 6.92 Å². The van der Waals surface area contributed by atoms with Crippen LogP contribution in [0.3, 0.4) is 0 Å². The number of hydrogen-bond acceptors (Lipinski definition) is 6. The van der Waals surface area contributed by atoms with Gasteiger partial charge in [0.2, 0.25) is 0 Å². The number of carbonyl (C=O) groups is 2. The smallest absolute Gasteiger partial charge is 0.366 e. The molecule has 0 saturated carbocycles. The highest BCUT2D eigenvalue weighted by molar-refractivity contribution is 6.62. The monoisotopic (exact) mass is 174 g/mol. The Morgan fingerprint density at radius 1 is 1.42 bits per heavy atom. The summed E-state index contributed by atoms with van der Waals surface area (Å²) >= 11 is 0. The van der Waals surface area contributed by atoms with Crippen LogP contribution < -0.4 is 5.84 Å². The molecule has 12 heavy (non-hydrogen) atoms. The highest BCUT2D eigenvalue weighted by atomic mass is 16.5. The lowest BCUT2D eigenvalue weighted by molar-refractivity contribution is -0.139. The van der Waals surface area contributed by atoms with Crippen molar-refractivity contribution in [3.05, 3.63) is 0 Å². The van der Waals surface area contributed by atoms with E-state index in [2.05, 4.69) is 14.6 Å². The molecule has 68 valence electrons. The summed E-state index contributed by atoms with van der Waals surface area (Å²) in [5.74, 6) is 2.98. The third-order valence-corrected chi connectivity index (χ3v) is 0.977. The Morgan fingerprint density at radius 3 is 2.33 bits per heavy atom. The maximum Gasteiger partial charge on any atom is 0.366 e. The summed E-state index contributed by atoms with van der Waals surface area (Å²) in [7, 11) is 1.12. The number of carbonyl (C=O) groups excluding carboxylic acids is 2. The molecule has 0 saturated heterocycles. The molecule has 0 unspecified atom stereocenters. The first-order chi connectivity index (χ1) is 5.67. The van der Waals surface area contributed by atoms with Gasteiger partial charge in [0.25, 0.3) is 5.71 Å². The van der Waals surface area contributed by atoms with Crippen molar-refractivity contribution in [3.8, 4) is 0 Å². The zero-order valence-corrected chi connectivity index (χ0v) is 6.86. The van der Waals surface area contributed by atoms with Crippen LogP contribution >= 0.6 is 0 Å². The van der Waals surface area contributed by atoms with Crippen molar-refractivity contribution in [3.63, 3.8) is 0 Å². The van der Waals surface area contributed by atoms with Crippen LogP contribution in [0.5, 0.6) is 0 Å². The first kappa shape index (κ1) is 10.4. The van der Waals surface area contributed by atoms with Gasteiger partial charge in [-0.25, -0.2) is 9.59 Å². The maximum absolute atomic E-state index is 10.8. The number of hydrazone groups is 1. The molecule has 6 nitrogen and oxygen atoms in total. The van der Waals surface area contributed by atoms with Crippen LogP contribution in [0.2, 0.25) is 0 Å². The Balaban J connectivity index is 4.37. The van der Waals surface area contributed by atoms with Crippen LogP contribution in [0.25, 0.3) is 0 Å². The van der Waals surface area contributed by atoms with Crippen LogP contribution in [0.4, 0.5) is 0 Å². The molecule has 0 aromatic carbocycles. The van der Waals surface area contributed by atoms with Gasteiger partial charge in [-0.2, -0.15) is 5.10 Å². The van der Waals surface area contributed by atoms with Crippen molar-refractivity contribution in [1.82, 2.24) is 0 Å². The van der Waals surface area contributed by atoms with Crippen LogP contribution in [0.15, 0.2) is 5.10 Å². The third-order valence-electron chi connectivity index (χ3n) is 0.977. The predicted octanol–water partition coefficient (Wildman–Crippen LogP) is -0.963. The Hall–Kier alpha value is -1.59. The molecule has 0 bridgehead atoms. The molecule has 0 rings (SSSR count). The van der Waals surface area contributed by atoms with E-state index in [-0.39, 0.29) is 6.61 Å². The molecule has 0 aliphatic rings. The standard InChI is InChI=1S/C6H10N2O4/c1-3-12-6(10)4(8-7)5(9)11-2/h3,7H2,1-2H3/b8-4-. The van der Waals surface area contributed by atoms with Gasteiger partial charge in [0.1, 0.15) is 0 Å². The summed E-state index contributed by atoms with van der Waals surface area (Å²) in [6.07, 6.45) is 0. The molecule has 0 spiro atoms. The molecule has 2 N–H and O–H groups in total. The van der Waals surface area contributed by atoms with E-state index in [1.807, 2.05) is 0 Å². The van der Waals surface area contributed by atoms with Crippen molar-refractivity contribution in [2.24, 2.45) is 10.9 Å². The second-order valence-electron chi connectivity index (χ2n) is 1.69. The number of ether oxygens (including phenoxy) is 2. The molecule has 0 aromatic heterocycles. The summed E-state index contributed by atoms with van der Waals surface area (Å²) in [5, 5.41) is 2.94. The van der Waals surface area contributed by atoms with Gasteiger partial charge in [-0.15, -0.1) is 0 Å². The van der Waals surface area contributed by atoms with Gasteiger partial charge in [-0.05, 0) is 6.92 Å². The minimum Gasteiger partial charge on any atom is -0.464 e. The van der Waals surface area contributed by atoms with Gasteiger partial charge in [-0.1, -0.05) is 0 Å². The Morgan fingerprint density at radius 2 is 2.00 bits per heavy atom. The van der Waals surface area contributed by atoms with Gasteiger partial charge in [0.05, 0.1) is 13.7 Å². The van der Waals surface area contributed by atoms with E-state index in [0.29, 0.717) is 0 Å². The minimum absolute atomic E-state index is 0.148. The van der Waals surface area contributed by atoms with Crippen LogP contribution in [0.1, 0.15) is 6.92 Å². The number of esters is 2. The summed E-state index contributed by atoms with van der Waals surface area (Å²) in [6, 6.07) is 0. The van der Waals surface area contributed by atoms with E-state index in [1.165, 1.54) is 0 Å². The quantitative estimate of drug-likeness (QED) is 0.195. The lowest BCUT2D eigenvalue weighted by Crippen LogP contribution is -2.28. The van der Waals surface area contributed by atoms with Gasteiger partial charge >= 0.3 is 11.9 Å². The summed E-state index contributed by atoms with van der Waals surface area (Å²) in [6.45, 7) is 1.75. The van der Waals surface area contributed by atoms with E-state index < -0.39 is 17.7 Å². The third kappa shape index (κ3) is 2.57. The van der Waals surface area contributed by atoms with E-state index in [9.17, 15) is 9.59 Å². The number of nitrogens with two attached hydrogens (primary N) is 1. The van der Waals surface area contributed by atoms with Crippen molar-refractivity contribution < 1.29 is 19.1 Å². The fourth-order valence-corrected chi connectivity index (χ4v) is 0.485. The molecular formula is C6H10N2O4. The SMILES string of the molecule is CCOC(=O)/C(=N\N)C(=O)OC. The lowest BCUT2D eigenvalue weighted by atomic mass is 10.4. The second kappa shape index (κ2) is 5.11. The number of nitrogens with zero attached hydrogens (tertiary/aromatic N) is 1. The lowest BCUT2D eigenvalue weighted by Gasteiger charge is -2.01. The molecule has 0 radical (unpaired) electrons. The second-order valence-corrected chi connectivity index (χ2v) is 1.69. The Labute approximate surface area is 69.3 Å². The van der Waals surface area contributed by atoms with Crippen molar-refractivity contribution in [1.29, 1.82) is 0 Å². The number of rotatable bonds is 3. The highest BCUT2D eigenvalue weighted by Crippen LogP contribution is 1.86. The molecule has 0 aliphatic carbocycles. The van der Waals surface area contributed by atoms with Gasteiger partial charge in [0.15, 0.2) is 0 Å².